The summed E-state index contributed by atoms with van der Waals surface area (Å²) in [7, 11) is 0. The van der Waals surface area contributed by atoms with Gasteiger partial charge in [-0.2, -0.15) is 0 Å². The van der Waals surface area contributed by atoms with Gasteiger partial charge < -0.3 is 0 Å². The first-order valence-electron chi connectivity index (χ1n) is 9.78. The van der Waals surface area contributed by atoms with Crippen LogP contribution in [-0.2, 0) is 6.42 Å². The molecule has 0 fully saturated rings. The van der Waals surface area contributed by atoms with Gasteiger partial charge in [-0.05, 0) is 63.7 Å². The molecule has 0 bridgehead atoms. The van der Waals surface area contributed by atoms with Gasteiger partial charge in [-0.1, -0.05) is 55.8 Å². The Morgan fingerprint density at radius 2 is 1.50 bits per heavy atom. The van der Waals surface area contributed by atoms with E-state index in [-0.39, 0.29) is 16.7 Å². The minimum atomic E-state index is -0.771. The number of aldehydes is 1. The molecule has 4 heteroatoms. The quantitative estimate of drug-likeness (QED) is 0.318. The van der Waals surface area contributed by atoms with Gasteiger partial charge in [0.15, 0.2) is 6.29 Å². The molecule has 4 aromatic rings. The first-order chi connectivity index (χ1) is 14.5. The van der Waals surface area contributed by atoms with Crippen molar-refractivity contribution in [3.63, 3.8) is 0 Å². The van der Waals surface area contributed by atoms with Gasteiger partial charge in [-0.25, -0.2) is 13.2 Å². The molecule has 4 aromatic carbocycles. The van der Waals surface area contributed by atoms with Crippen LogP contribution in [0.1, 0.15) is 29.3 Å². The molecule has 0 N–H and O–H groups in total. The second-order valence-corrected chi connectivity index (χ2v) is 7.27. The number of hydrogen-bond acceptors (Lipinski definition) is 1. The maximum atomic E-state index is 14.8. The van der Waals surface area contributed by atoms with Crippen LogP contribution in [0.4, 0.5) is 13.2 Å². The monoisotopic (exact) mass is 404 g/mol. The zero-order chi connectivity index (χ0) is 21.3. The van der Waals surface area contributed by atoms with Crippen LogP contribution in [0.15, 0.2) is 66.7 Å². The van der Waals surface area contributed by atoms with Crippen molar-refractivity contribution in [1.82, 2.24) is 0 Å². The fourth-order valence-corrected chi connectivity index (χ4v) is 3.85. The Kier molecular flexibility index (Phi) is 5.40. The maximum Gasteiger partial charge on any atom is 0.151 e. The van der Waals surface area contributed by atoms with Crippen molar-refractivity contribution in [3.8, 4) is 22.3 Å². The van der Waals surface area contributed by atoms with Crippen molar-refractivity contribution in [1.29, 1.82) is 0 Å². The first kappa shape index (κ1) is 19.9. The summed E-state index contributed by atoms with van der Waals surface area (Å²) in [5, 5.41) is 1.65. The van der Waals surface area contributed by atoms with Crippen LogP contribution in [0.2, 0.25) is 0 Å². The molecule has 0 radical (unpaired) electrons. The number of carbonyl (C=O) groups is 1. The van der Waals surface area contributed by atoms with E-state index in [0.29, 0.717) is 11.1 Å². The van der Waals surface area contributed by atoms with E-state index >= 15 is 0 Å². The minimum absolute atomic E-state index is 0.226. The van der Waals surface area contributed by atoms with Crippen LogP contribution in [0, 0.1) is 17.5 Å². The highest BCUT2D eigenvalue weighted by Crippen LogP contribution is 2.34. The summed E-state index contributed by atoms with van der Waals surface area (Å²) in [6, 6.07) is 16.9. The second kappa shape index (κ2) is 8.15. The van der Waals surface area contributed by atoms with Crippen molar-refractivity contribution in [2.24, 2.45) is 0 Å². The molecule has 4 rings (SSSR count). The van der Waals surface area contributed by atoms with Gasteiger partial charge in [0, 0.05) is 5.56 Å². The van der Waals surface area contributed by atoms with Crippen molar-refractivity contribution in [3.05, 3.63) is 95.3 Å². The second-order valence-electron chi connectivity index (χ2n) is 7.27. The molecule has 30 heavy (non-hydrogen) atoms. The molecule has 0 aliphatic heterocycles. The van der Waals surface area contributed by atoms with E-state index in [1.807, 2.05) is 24.3 Å². The van der Waals surface area contributed by atoms with E-state index in [4.69, 9.17) is 0 Å². The summed E-state index contributed by atoms with van der Waals surface area (Å²) in [5.41, 5.74) is 2.33. The van der Waals surface area contributed by atoms with Gasteiger partial charge in [0.05, 0.1) is 5.56 Å². The molecule has 0 saturated carbocycles. The summed E-state index contributed by atoms with van der Waals surface area (Å²) in [6.45, 7) is 2.10. The summed E-state index contributed by atoms with van der Waals surface area (Å²) in [4.78, 5) is 11.9. The average molecular weight is 404 g/mol. The van der Waals surface area contributed by atoms with Crippen LogP contribution in [0.3, 0.4) is 0 Å². The zero-order valence-corrected chi connectivity index (χ0v) is 16.4. The lowest BCUT2D eigenvalue weighted by molar-refractivity contribution is 0.112. The fraction of sp³-hybridized carbons (Fsp3) is 0.115. The number of fused-ring (bicyclic) bond motifs is 1. The molecule has 1 nitrogen and oxygen atoms in total. The Morgan fingerprint density at radius 3 is 2.13 bits per heavy atom. The van der Waals surface area contributed by atoms with E-state index in [9.17, 15) is 18.0 Å². The summed E-state index contributed by atoms with van der Waals surface area (Å²) >= 11 is 0. The summed E-state index contributed by atoms with van der Waals surface area (Å²) < 4.78 is 42.8. The van der Waals surface area contributed by atoms with Crippen LogP contribution < -0.4 is 0 Å². The minimum Gasteiger partial charge on any atom is -0.298 e. The van der Waals surface area contributed by atoms with Crippen molar-refractivity contribution in [2.45, 2.75) is 19.8 Å². The van der Waals surface area contributed by atoms with Gasteiger partial charge in [0.2, 0.25) is 0 Å². The van der Waals surface area contributed by atoms with Crippen LogP contribution in [-0.4, -0.2) is 6.29 Å². The lowest BCUT2D eigenvalue weighted by atomic mass is 9.92. The Labute approximate surface area is 172 Å². The SMILES string of the molecule is CCCc1ccc2c(C=O)c(-c3cc(F)c(-c4ccc(F)cc4)c(F)c3)ccc2c1. The van der Waals surface area contributed by atoms with E-state index in [2.05, 4.69) is 6.92 Å². The predicted molar refractivity (Wildman–Crippen MR) is 114 cm³/mol. The lowest BCUT2D eigenvalue weighted by Gasteiger charge is -2.13. The number of carbonyl (C=O) groups excluding carboxylic acids is 1. The van der Waals surface area contributed by atoms with E-state index in [1.54, 1.807) is 6.07 Å². The maximum absolute atomic E-state index is 14.8. The van der Waals surface area contributed by atoms with Crippen molar-refractivity contribution < 1.29 is 18.0 Å². The highest BCUT2D eigenvalue weighted by Gasteiger charge is 2.17. The van der Waals surface area contributed by atoms with E-state index < -0.39 is 17.5 Å². The molecular weight excluding hydrogens is 385 g/mol. The third kappa shape index (κ3) is 3.61. The summed E-state index contributed by atoms with van der Waals surface area (Å²) in [6.07, 6.45) is 2.68. The van der Waals surface area contributed by atoms with Crippen LogP contribution >= 0.6 is 0 Å². The van der Waals surface area contributed by atoms with E-state index in [0.717, 1.165) is 42.0 Å². The van der Waals surface area contributed by atoms with Gasteiger partial charge in [0.1, 0.15) is 17.5 Å². The molecule has 0 saturated heterocycles. The molecule has 0 unspecified atom stereocenters. The van der Waals surface area contributed by atoms with Gasteiger partial charge in [-0.3, -0.25) is 4.79 Å². The third-order valence-corrected chi connectivity index (χ3v) is 5.27. The predicted octanol–water partition coefficient (Wildman–Crippen LogP) is 7.36. The molecule has 0 amide bonds. The Hall–Kier alpha value is -3.40. The molecule has 0 atom stereocenters. The highest BCUT2D eigenvalue weighted by atomic mass is 19.1. The summed E-state index contributed by atoms with van der Waals surface area (Å²) in [5.74, 6) is -2.02. The lowest BCUT2D eigenvalue weighted by Crippen LogP contribution is -1.96. The standard InChI is InChI=1S/C26H19F3O/c1-2-3-16-4-10-21-18(12-16)7-11-22(23(21)15-30)19-13-24(28)26(25(29)14-19)17-5-8-20(27)9-6-17/h4-15H,2-3H2,1H3. The molecule has 0 spiro atoms. The Bertz CT molecular complexity index is 1220. The molecule has 0 aromatic heterocycles. The number of hydrogen-bond donors (Lipinski definition) is 0. The number of halogens is 3. The molecular formula is C26H19F3O. The fourth-order valence-electron chi connectivity index (χ4n) is 3.85. The number of aryl methyl sites for hydroxylation is 1. The Morgan fingerprint density at radius 1 is 0.800 bits per heavy atom. The molecule has 150 valence electrons. The molecule has 0 heterocycles. The van der Waals surface area contributed by atoms with Crippen molar-refractivity contribution in [2.75, 3.05) is 0 Å². The average Bonchev–Trinajstić information content (AvgIpc) is 2.73. The smallest absolute Gasteiger partial charge is 0.151 e. The van der Waals surface area contributed by atoms with Crippen LogP contribution in [0.5, 0.6) is 0 Å². The van der Waals surface area contributed by atoms with E-state index in [1.165, 1.54) is 29.8 Å². The number of rotatable bonds is 5. The van der Waals surface area contributed by atoms with Crippen LogP contribution in [0.25, 0.3) is 33.0 Å². The first-order valence-corrected chi connectivity index (χ1v) is 9.78. The largest absolute Gasteiger partial charge is 0.298 e. The van der Waals surface area contributed by atoms with Crippen molar-refractivity contribution >= 4 is 17.1 Å². The van der Waals surface area contributed by atoms with Gasteiger partial charge in [-0.15, -0.1) is 0 Å². The van der Waals surface area contributed by atoms with Gasteiger partial charge >= 0.3 is 0 Å². The zero-order valence-electron chi connectivity index (χ0n) is 16.4. The third-order valence-electron chi connectivity index (χ3n) is 5.27. The molecule has 0 aliphatic rings. The highest BCUT2D eigenvalue weighted by molar-refractivity contribution is 6.04. The normalized spacial score (nSPS) is 11.1. The molecule has 0 aliphatic carbocycles. The van der Waals surface area contributed by atoms with Gasteiger partial charge in [0.25, 0.3) is 0 Å². The topological polar surface area (TPSA) is 17.1 Å². The Balaban J connectivity index is 1.84. The number of benzene rings is 4.